The molecule has 7 nitrogen and oxygen atoms in total. The van der Waals surface area contributed by atoms with Gasteiger partial charge in [0.2, 0.25) is 0 Å². The molecule has 1 heterocycles. The zero-order chi connectivity index (χ0) is 24.7. The minimum absolute atomic E-state index is 0.0452. The second kappa shape index (κ2) is 10.9. The minimum Gasteiger partial charge on any atom is -0.486 e. The molecule has 1 aromatic heterocycles. The molecule has 0 aliphatic rings. The van der Waals surface area contributed by atoms with E-state index in [4.69, 9.17) is 9.84 Å². The Morgan fingerprint density at radius 2 is 1.79 bits per heavy atom. The first-order chi connectivity index (χ1) is 16.2. The van der Waals surface area contributed by atoms with Gasteiger partial charge >= 0.3 is 12.1 Å². The number of nitrogens with one attached hydrogen (secondary N) is 1. The Hall–Kier alpha value is -3.82. The van der Waals surface area contributed by atoms with E-state index >= 15 is 0 Å². The summed E-state index contributed by atoms with van der Waals surface area (Å²) in [5.74, 6) is -0.802. The molecular weight excluding hydrogens is 451 g/mol. The number of carbonyl (C=O) groups excluding carboxylic acids is 1. The van der Waals surface area contributed by atoms with Crippen molar-refractivity contribution in [2.75, 3.05) is 6.54 Å². The maximum absolute atomic E-state index is 12.8. The Kier molecular flexibility index (Phi) is 7.93. The molecule has 2 N–H and O–H groups in total. The number of rotatable bonds is 10. The Morgan fingerprint density at radius 3 is 2.35 bits per heavy atom. The van der Waals surface area contributed by atoms with Gasteiger partial charge in [0, 0.05) is 18.3 Å². The van der Waals surface area contributed by atoms with Crippen LogP contribution in [0.25, 0.3) is 5.69 Å². The van der Waals surface area contributed by atoms with Gasteiger partial charge in [0.1, 0.15) is 11.9 Å². The Bertz CT molecular complexity index is 1110. The van der Waals surface area contributed by atoms with Gasteiger partial charge in [-0.2, -0.15) is 18.3 Å². The van der Waals surface area contributed by atoms with E-state index in [1.807, 2.05) is 6.92 Å². The van der Waals surface area contributed by atoms with Crippen molar-refractivity contribution in [1.82, 2.24) is 15.1 Å². The molecule has 0 unspecified atom stereocenters. The predicted molar refractivity (Wildman–Crippen MR) is 118 cm³/mol. The molecule has 0 saturated carbocycles. The van der Waals surface area contributed by atoms with E-state index in [9.17, 15) is 22.8 Å². The normalized spacial score (nSPS) is 12.2. The number of halogens is 3. The molecule has 0 saturated heterocycles. The van der Waals surface area contributed by atoms with Crippen LogP contribution in [-0.2, 0) is 11.0 Å². The van der Waals surface area contributed by atoms with Gasteiger partial charge in [-0.15, -0.1) is 0 Å². The fourth-order valence-electron chi connectivity index (χ4n) is 3.24. The number of alkyl halides is 3. The van der Waals surface area contributed by atoms with E-state index in [0.717, 1.165) is 29.1 Å². The molecule has 3 aromatic rings. The average Bonchev–Trinajstić information content (AvgIpc) is 3.30. The Morgan fingerprint density at radius 1 is 1.12 bits per heavy atom. The third kappa shape index (κ3) is 6.60. The number of aliphatic carboxylic acids is 1. The molecule has 0 aliphatic carbocycles. The second-order valence-corrected chi connectivity index (χ2v) is 7.58. The first-order valence-electron chi connectivity index (χ1n) is 10.7. The first-order valence-corrected chi connectivity index (χ1v) is 10.7. The van der Waals surface area contributed by atoms with Gasteiger partial charge in [-0.25, -0.2) is 4.68 Å². The number of hydrogen-bond donors (Lipinski definition) is 2. The number of carboxylic acids is 1. The third-order valence-electron chi connectivity index (χ3n) is 5.01. The topological polar surface area (TPSA) is 93.5 Å². The number of aromatic nitrogens is 2. The molecule has 10 heteroatoms. The van der Waals surface area contributed by atoms with Crippen LogP contribution in [0.1, 0.15) is 53.8 Å². The van der Waals surface area contributed by atoms with Gasteiger partial charge in [-0.05, 0) is 48.4 Å². The summed E-state index contributed by atoms with van der Waals surface area (Å²) >= 11 is 0. The van der Waals surface area contributed by atoms with Gasteiger partial charge in [0.05, 0.1) is 23.9 Å². The van der Waals surface area contributed by atoms with Crippen LogP contribution in [0.4, 0.5) is 13.2 Å². The van der Waals surface area contributed by atoms with Crippen LogP contribution in [0.2, 0.25) is 0 Å². The van der Waals surface area contributed by atoms with E-state index in [2.05, 4.69) is 10.4 Å². The number of carbonyl (C=O) groups is 2. The molecule has 0 bridgehead atoms. The van der Waals surface area contributed by atoms with Crippen molar-refractivity contribution in [2.24, 2.45) is 0 Å². The van der Waals surface area contributed by atoms with Gasteiger partial charge in [0.25, 0.3) is 5.91 Å². The third-order valence-corrected chi connectivity index (χ3v) is 5.01. The fourth-order valence-corrected chi connectivity index (χ4v) is 3.24. The van der Waals surface area contributed by atoms with Crippen LogP contribution in [0.3, 0.4) is 0 Å². The Balaban J connectivity index is 1.67. The largest absolute Gasteiger partial charge is 0.486 e. The van der Waals surface area contributed by atoms with E-state index in [-0.39, 0.29) is 25.0 Å². The maximum Gasteiger partial charge on any atom is 0.419 e. The lowest BCUT2D eigenvalue weighted by Gasteiger charge is -2.19. The van der Waals surface area contributed by atoms with E-state index in [1.165, 1.54) is 0 Å². The predicted octanol–water partition coefficient (Wildman–Crippen LogP) is 5.02. The quantitative estimate of drug-likeness (QED) is 0.430. The summed E-state index contributed by atoms with van der Waals surface area (Å²) in [5.41, 5.74) is 0.907. The summed E-state index contributed by atoms with van der Waals surface area (Å²) < 4.78 is 45.6. The van der Waals surface area contributed by atoms with Crippen molar-refractivity contribution in [3.05, 3.63) is 77.6 Å². The fraction of sp³-hybridized carbons (Fsp3) is 0.292. The number of ether oxygens (including phenoxy) is 1. The molecule has 2 aromatic carbocycles. The molecule has 0 radical (unpaired) electrons. The lowest BCUT2D eigenvalue weighted by molar-refractivity contribution is -0.138. The lowest BCUT2D eigenvalue weighted by atomic mass is 10.0. The summed E-state index contributed by atoms with van der Waals surface area (Å²) in [4.78, 5) is 22.7. The summed E-state index contributed by atoms with van der Waals surface area (Å²) in [6.45, 7) is 2.06. The molecule has 0 spiro atoms. The number of benzene rings is 2. The molecule has 180 valence electrons. The van der Waals surface area contributed by atoms with Gasteiger partial charge < -0.3 is 15.2 Å². The number of hydrogen-bond acceptors (Lipinski definition) is 4. The van der Waals surface area contributed by atoms with E-state index < -0.39 is 17.7 Å². The highest BCUT2D eigenvalue weighted by atomic mass is 19.4. The smallest absolute Gasteiger partial charge is 0.419 e. The van der Waals surface area contributed by atoms with Crippen LogP contribution in [0.5, 0.6) is 5.75 Å². The molecular formula is C24H24F3N3O4. The van der Waals surface area contributed by atoms with Gasteiger partial charge in [0.15, 0.2) is 0 Å². The lowest BCUT2D eigenvalue weighted by Crippen LogP contribution is -2.26. The average molecular weight is 475 g/mol. The zero-order valence-corrected chi connectivity index (χ0v) is 18.4. The molecule has 3 rings (SSSR count). The monoisotopic (exact) mass is 475 g/mol. The molecule has 1 atom stereocenters. The molecule has 0 fully saturated rings. The highest BCUT2D eigenvalue weighted by Crippen LogP contribution is 2.30. The van der Waals surface area contributed by atoms with E-state index in [1.54, 1.807) is 48.5 Å². The number of nitrogens with zero attached hydrogens (tertiary/aromatic N) is 2. The maximum atomic E-state index is 12.8. The summed E-state index contributed by atoms with van der Waals surface area (Å²) in [5, 5.41) is 15.0. The zero-order valence-electron chi connectivity index (χ0n) is 18.4. The summed E-state index contributed by atoms with van der Waals surface area (Å²) in [7, 11) is 0. The summed E-state index contributed by atoms with van der Waals surface area (Å²) in [6.07, 6.45) is -1.65. The summed E-state index contributed by atoms with van der Waals surface area (Å²) in [6, 6.07) is 13.4. The Labute approximate surface area is 194 Å². The number of amides is 1. The van der Waals surface area contributed by atoms with Gasteiger partial charge in [-0.3, -0.25) is 9.59 Å². The van der Waals surface area contributed by atoms with Crippen LogP contribution < -0.4 is 10.1 Å². The number of carboxylic acid groups (broad SMARTS) is 1. The second-order valence-electron chi connectivity index (χ2n) is 7.58. The van der Waals surface area contributed by atoms with Crippen molar-refractivity contribution in [3.63, 3.8) is 0 Å². The van der Waals surface area contributed by atoms with Crippen LogP contribution >= 0.6 is 0 Å². The van der Waals surface area contributed by atoms with E-state index in [0.29, 0.717) is 23.4 Å². The minimum atomic E-state index is -4.45. The van der Waals surface area contributed by atoms with Crippen LogP contribution in [0, 0.1) is 0 Å². The van der Waals surface area contributed by atoms with Crippen molar-refractivity contribution < 1.29 is 32.6 Å². The first kappa shape index (κ1) is 24.8. The van der Waals surface area contributed by atoms with Crippen LogP contribution in [-0.4, -0.2) is 33.3 Å². The standard InChI is InChI=1S/C24H24F3N3O4/c1-2-3-21(16-4-6-17(7-5-16)23(33)28-13-12-22(31)32)34-20-10-8-19(9-11-20)30-15-18(14-29-30)24(25,26)27/h4-11,14-15,21H,2-3,12-13H2,1H3,(H,28,33)(H,31,32)/t21-/m1/s1. The SMILES string of the molecule is CCC[C@@H](Oc1ccc(-n2cc(C(F)(F)F)cn2)cc1)c1ccc(C(=O)NCCC(=O)O)cc1. The van der Waals surface area contributed by atoms with Crippen molar-refractivity contribution >= 4 is 11.9 Å². The highest BCUT2D eigenvalue weighted by Gasteiger charge is 2.32. The van der Waals surface area contributed by atoms with Crippen molar-refractivity contribution in [1.29, 1.82) is 0 Å². The molecule has 0 aliphatic heterocycles. The van der Waals surface area contributed by atoms with Crippen molar-refractivity contribution in [2.45, 2.75) is 38.5 Å². The highest BCUT2D eigenvalue weighted by molar-refractivity contribution is 5.94. The van der Waals surface area contributed by atoms with Crippen LogP contribution in [0.15, 0.2) is 60.9 Å². The molecule has 34 heavy (non-hydrogen) atoms. The van der Waals surface area contributed by atoms with Gasteiger partial charge in [-0.1, -0.05) is 25.5 Å². The van der Waals surface area contributed by atoms with Crippen molar-refractivity contribution in [3.8, 4) is 11.4 Å². The molecule has 1 amide bonds.